The van der Waals surface area contributed by atoms with Gasteiger partial charge >= 0.3 is 0 Å². The summed E-state index contributed by atoms with van der Waals surface area (Å²) in [7, 11) is 0. The molecule has 3 rings (SSSR count). The van der Waals surface area contributed by atoms with Crippen molar-refractivity contribution < 1.29 is 9.90 Å². The third kappa shape index (κ3) is 2.33. The van der Waals surface area contributed by atoms with E-state index in [2.05, 4.69) is 10.3 Å². The van der Waals surface area contributed by atoms with Crippen LogP contribution in [0.25, 0.3) is 10.9 Å². The molecule has 22 heavy (non-hydrogen) atoms. The van der Waals surface area contributed by atoms with Crippen LogP contribution < -0.4 is 10.9 Å². The second-order valence-corrected chi connectivity index (χ2v) is 4.99. The van der Waals surface area contributed by atoms with Crippen molar-refractivity contribution in [2.45, 2.75) is 6.92 Å². The van der Waals surface area contributed by atoms with Gasteiger partial charge in [-0.3, -0.25) is 9.59 Å². The Morgan fingerprint density at radius 3 is 2.55 bits per heavy atom. The van der Waals surface area contributed by atoms with Gasteiger partial charge in [0.1, 0.15) is 11.3 Å². The van der Waals surface area contributed by atoms with Crippen LogP contribution in [0.2, 0.25) is 0 Å². The summed E-state index contributed by atoms with van der Waals surface area (Å²) in [6.07, 6.45) is 0. The van der Waals surface area contributed by atoms with Crippen LogP contribution in [0, 0.1) is 6.92 Å². The molecule has 0 unspecified atom stereocenters. The van der Waals surface area contributed by atoms with E-state index in [-0.39, 0.29) is 11.3 Å². The van der Waals surface area contributed by atoms with Crippen molar-refractivity contribution in [3.63, 3.8) is 0 Å². The molecule has 0 spiro atoms. The number of hydrogen-bond donors (Lipinski definition) is 3. The van der Waals surface area contributed by atoms with Crippen LogP contribution in [0.5, 0.6) is 5.75 Å². The Morgan fingerprint density at radius 2 is 1.77 bits per heavy atom. The van der Waals surface area contributed by atoms with Crippen molar-refractivity contribution in [3.05, 3.63) is 70.0 Å². The molecule has 0 bridgehead atoms. The summed E-state index contributed by atoms with van der Waals surface area (Å²) in [4.78, 5) is 27.1. The summed E-state index contributed by atoms with van der Waals surface area (Å²) >= 11 is 0. The van der Waals surface area contributed by atoms with E-state index in [4.69, 9.17) is 0 Å². The van der Waals surface area contributed by atoms with Crippen molar-refractivity contribution in [2.24, 2.45) is 0 Å². The van der Waals surface area contributed by atoms with Gasteiger partial charge in [-0.2, -0.15) is 0 Å². The average Bonchev–Trinajstić information content (AvgIpc) is 2.49. The number of pyridine rings is 1. The second kappa shape index (κ2) is 5.37. The van der Waals surface area contributed by atoms with Gasteiger partial charge in [0.25, 0.3) is 11.5 Å². The fraction of sp³-hybridized carbons (Fsp3) is 0.0588. The van der Waals surface area contributed by atoms with Gasteiger partial charge in [0, 0.05) is 11.1 Å². The minimum absolute atomic E-state index is 0.290. The summed E-state index contributed by atoms with van der Waals surface area (Å²) in [6, 6.07) is 14.0. The number of carbonyl (C=O) groups excluding carboxylic acids is 1. The lowest BCUT2D eigenvalue weighted by atomic mass is 10.1. The minimum atomic E-state index is -0.640. The zero-order chi connectivity index (χ0) is 15.7. The lowest BCUT2D eigenvalue weighted by Crippen LogP contribution is -2.23. The standard InChI is InChI=1S/C17H14N2O3/c1-10-6-2-4-8-12(10)18-16(21)14-15(20)11-7-3-5-9-13(11)19-17(14)22/h2-9H,1H3,(H,18,21)(H2,19,20,22). The van der Waals surface area contributed by atoms with Crippen LogP contribution in [0.1, 0.15) is 15.9 Å². The Hall–Kier alpha value is -3.08. The molecule has 0 saturated carbocycles. The summed E-state index contributed by atoms with van der Waals surface area (Å²) in [5.41, 5.74) is 1.04. The van der Waals surface area contributed by atoms with E-state index >= 15 is 0 Å². The first-order valence-corrected chi connectivity index (χ1v) is 6.79. The molecule has 2 aromatic carbocycles. The zero-order valence-electron chi connectivity index (χ0n) is 11.9. The van der Waals surface area contributed by atoms with E-state index in [0.29, 0.717) is 16.6 Å². The Bertz CT molecular complexity index is 929. The number of anilines is 1. The van der Waals surface area contributed by atoms with E-state index in [9.17, 15) is 14.7 Å². The molecule has 3 aromatic rings. The average molecular weight is 294 g/mol. The summed E-state index contributed by atoms with van der Waals surface area (Å²) in [5.74, 6) is -0.954. The van der Waals surface area contributed by atoms with Crippen molar-refractivity contribution in [1.29, 1.82) is 0 Å². The van der Waals surface area contributed by atoms with E-state index in [0.717, 1.165) is 5.56 Å². The number of hydrogen-bond acceptors (Lipinski definition) is 3. The SMILES string of the molecule is Cc1ccccc1NC(=O)c1c(O)c2ccccc2[nH]c1=O. The number of aromatic amines is 1. The first-order chi connectivity index (χ1) is 10.6. The van der Waals surface area contributed by atoms with Crippen molar-refractivity contribution in [1.82, 2.24) is 4.98 Å². The zero-order valence-corrected chi connectivity index (χ0v) is 11.9. The summed E-state index contributed by atoms with van der Waals surface area (Å²) in [5, 5.41) is 13.3. The number of nitrogens with one attached hydrogen (secondary N) is 2. The molecule has 0 aliphatic heterocycles. The molecular weight excluding hydrogens is 280 g/mol. The van der Waals surface area contributed by atoms with E-state index in [1.54, 1.807) is 36.4 Å². The normalized spacial score (nSPS) is 10.6. The fourth-order valence-electron chi connectivity index (χ4n) is 2.33. The predicted octanol–water partition coefficient (Wildman–Crippen LogP) is 2.79. The van der Waals surface area contributed by atoms with Crippen molar-refractivity contribution >= 4 is 22.5 Å². The molecule has 0 radical (unpaired) electrons. The van der Waals surface area contributed by atoms with Gasteiger partial charge in [-0.05, 0) is 30.7 Å². The van der Waals surface area contributed by atoms with E-state index < -0.39 is 11.5 Å². The first kappa shape index (κ1) is 13.9. The predicted molar refractivity (Wildman–Crippen MR) is 85.4 cm³/mol. The van der Waals surface area contributed by atoms with Crippen molar-refractivity contribution in [3.8, 4) is 5.75 Å². The molecule has 0 saturated heterocycles. The van der Waals surface area contributed by atoms with Crippen molar-refractivity contribution in [2.75, 3.05) is 5.32 Å². The maximum atomic E-state index is 12.4. The first-order valence-electron chi connectivity index (χ1n) is 6.79. The van der Waals surface area contributed by atoms with Gasteiger partial charge in [0.15, 0.2) is 0 Å². The molecule has 0 fully saturated rings. The molecule has 5 heteroatoms. The lowest BCUT2D eigenvalue weighted by molar-refractivity contribution is 0.102. The monoisotopic (exact) mass is 294 g/mol. The van der Waals surface area contributed by atoms with Crippen LogP contribution in [0.3, 0.4) is 0 Å². The van der Waals surface area contributed by atoms with E-state index in [1.807, 2.05) is 19.1 Å². The molecule has 1 amide bonds. The molecule has 5 nitrogen and oxygen atoms in total. The fourth-order valence-corrected chi connectivity index (χ4v) is 2.33. The van der Waals surface area contributed by atoms with Crippen LogP contribution >= 0.6 is 0 Å². The topological polar surface area (TPSA) is 82.2 Å². The number of para-hydroxylation sites is 2. The second-order valence-electron chi connectivity index (χ2n) is 4.99. The highest BCUT2D eigenvalue weighted by Crippen LogP contribution is 2.25. The molecule has 0 aliphatic rings. The van der Waals surface area contributed by atoms with Gasteiger partial charge in [0.05, 0.1) is 5.52 Å². The Balaban J connectivity index is 2.08. The van der Waals surface area contributed by atoms with Crippen LogP contribution in [0.4, 0.5) is 5.69 Å². The number of aryl methyl sites for hydroxylation is 1. The lowest BCUT2D eigenvalue weighted by Gasteiger charge is -2.10. The number of aromatic hydroxyl groups is 1. The molecule has 1 heterocycles. The third-order valence-electron chi connectivity index (χ3n) is 3.51. The summed E-state index contributed by atoms with van der Waals surface area (Å²) < 4.78 is 0. The third-order valence-corrected chi connectivity index (χ3v) is 3.51. The quantitative estimate of drug-likeness (QED) is 0.679. The molecule has 110 valence electrons. The highest BCUT2D eigenvalue weighted by molar-refractivity contribution is 6.09. The molecular formula is C17H14N2O3. The number of amides is 1. The largest absolute Gasteiger partial charge is 0.506 e. The molecule has 0 atom stereocenters. The van der Waals surface area contributed by atoms with Gasteiger partial charge in [-0.25, -0.2) is 0 Å². The van der Waals surface area contributed by atoms with E-state index in [1.165, 1.54) is 0 Å². The maximum absolute atomic E-state index is 12.4. The smallest absolute Gasteiger partial charge is 0.265 e. The molecule has 1 aromatic heterocycles. The highest BCUT2D eigenvalue weighted by Gasteiger charge is 2.19. The van der Waals surface area contributed by atoms with Crippen LogP contribution in [-0.2, 0) is 0 Å². The Labute approximate surface area is 126 Å². The van der Waals surface area contributed by atoms with Gasteiger partial charge in [-0.15, -0.1) is 0 Å². The van der Waals surface area contributed by atoms with Crippen LogP contribution in [-0.4, -0.2) is 16.0 Å². The number of aromatic nitrogens is 1. The number of carbonyl (C=O) groups is 1. The molecule has 3 N–H and O–H groups in total. The van der Waals surface area contributed by atoms with Gasteiger partial charge in [0.2, 0.25) is 0 Å². The van der Waals surface area contributed by atoms with Crippen LogP contribution in [0.15, 0.2) is 53.3 Å². The summed E-state index contributed by atoms with van der Waals surface area (Å²) in [6.45, 7) is 1.85. The number of benzene rings is 2. The van der Waals surface area contributed by atoms with Gasteiger partial charge < -0.3 is 15.4 Å². The number of rotatable bonds is 2. The maximum Gasteiger partial charge on any atom is 0.265 e. The highest BCUT2D eigenvalue weighted by atomic mass is 16.3. The number of fused-ring (bicyclic) bond motifs is 1. The Morgan fingerprint density at radius 1 is 1.09 bits per heavy atom. The Kier molecular flexibility index (Phi) is 3.39. The molecule has 0 aliphatic carbocycles. The minimum Gasteiger partial charge on any atom is -0.506 e. The van der Waals surface area contributed by atoms with Gasteiger partial charge in [-0.1, -0.05) is 30.3 Å². The number of H-pyrrole nitrogens is 1.